The lowest BCUT2D eigenvalue weighted by Crippen LogP contribution is -2.33. The van der Waals surface area contributed by atoms with Crippen molar-refractivity contribution in [2.75, 3.05) is 6.54 Å². The first-order chi connectivity index (χ1) is 16.7. The molecule has 182 valence electrons. The summed E-state index contributed by atoms with van der Waals surface area (Å²) in [5.41, 5.74) is 0.961. The molecule has 0 saturated carbocycles. The fourth-order valence-corrected chi connectivity index (χ4v) is 4.21. The molecule has 0 fully saturated rings. The molecular weight excluding hydrogens is 451 g/mol. The van der Waals surface area contributed by atoms with Gasteiger partial charge in [-0.05, 0) is 35.2 Å². The number of alkyl halides is 3. The van der Waals surface area contributed by atoms with Crippen LogP contribution in [0.15, 0.2) is 83.7 Å². The van der Waals surface area contributed by atoms with Crippen LogP contribution in [0, 0.1) is 5.92 Å². The van der Waals surface area contributed by atoms with Crippen LogP contribution >= 0.6 is 0 Å². The predicted molar refractivity (Wildman–Crippen MR) is 132 cm³/mol. The normalized spacial score (nSPS) is 12.9. The van der Waals surface area contributed by atoms with Crippen molar-refractivity contribution in [2.45, 2.75) is 39.0 Å². The Bertz CT molecular complexity index is 1330. The van der Waals surface area contributed by atoms with E-state index < -0.39 is 11.7 Å². The number of benzene rings is 3. The largest absolute Gasteiger partial charge is 0.416 e. The Balaban J connectivity index is 1.78. The molecule has 1 unspecified atom stereocenters. The van der Waals surface area contributed by atoms with Gasteiger partial charge in [-0.25, -0.2) is 4.98 Å². The zero-order valence-corrected chi connectivity index (χ0v) is 19.7. The third kappa shape index (κ3) is 5.80. The summed E-state index contributed by atoms with van der Waals surface area (Å²) >= 11 is 0. The van der Waals surface area contributed by atoms with Gasteiger partial charge in [0.1, 0.15) is 5.82 Å². The van der Waals surface area contributed by atoms with E-state index in [1.807, 2.05) is 74.5 Å². The lowest BCUT2D eigenvalue weighted by atomic mass is 9.93. The van der Waals surface area contributed by atoms with Crippen LogP contribution in [0.5, 0.6) is 0 Å². The number of nitrogens with zero attached hydrogens (tertiary/aromatic N) is 2. The maximum Gasteiger partial charge on any atom is 0.416 e. The van der Waals surface area contributed by atoms with Crippen LogP contribution in [0.25, 0.3) is 10.9 Å². The molecule has 3 aromatic carbocycles. The number of hydrogen-bond acceptors (Lipinski definition) is 3. The van der Waals surface area contributed by atoms with E-state index in [2.05, 4.69) is 10.3 Å². The highest BCUT2D eigenvalue weighted by Crippen LogP contribution is 2.31. The third-order valence-corrected chi connectivity index (χ3v) is 6.17. The predicted octanol–water partition coefficient (Wildman–Crippen LogP) is 5.99. The summed E-state index contributed by atoms with van der Waals surface area (Å²) in [6, 6.07) is 22.6. The van der Waals surface area contributed by atoms with Crippen molar-refractivity contribution in [2.24, 2.45) is 5.92 Å². The SMILES string of the molecule is CC(C)C(CNCc1ccccc1)c1nc2cc(C(F)(F)F)ccc2c(=O)n1Cc1ccccc1. The van der Waals surface area contributed by atoms with E-state index in [9.17, 15) is 18.0 Å². The van der Waals surface area contributed by atoms with Gasteiger partial charge in [-0.15, -0.1) is 0 Å². The van der Waals surface area contributed by atoms with Crippen molar-refractivity contribution >= 4 is 10.9 Å². The first-order valence-electron chi connectivity index (χ1n) is 11.6. The molecule has 0 amide bonds. The van der Waals surface area contributed by atoms with Crippen LogP contribution in [-0.2, 0) is 19.3 Å². The molecule has 1 atom stereocenters. The van der Waals surface area contributed by atoms with Gasteiger partial charge < -0.3 is 5.32 Å². The van der Waals surface area contributed by atoms with E-state index in [1.165, 1.54) is 6.07 Å². The summed E-state index contributed by atoms with van der Waals surface area (Å²) in [5, 5.41) is 3.62. The van der Waals surface area contributed by atoms with Gasteiger partial charge in [-0.2, -0.15) is 13.2 Å². The maximum absolute atomic E-state index is 13.6. The second-order valence-corrected chi connectivity index (χ2v) is 9.04. The lowest BCUT2D eigenvalue weighted by Gasteiger charge is -2.25. The van der Waals surface area contributed by atoms with Crippen molar-refractivity contribution in [3.05, 3.63) is 112 Å². The van der Waals surface area contributed by atoms with E-state index in [0.717, 1.165) is 23.3 Å². The monoisotopic (exact) mass is 479 g/mol. The zero-order chi connectivity index (χ0) is 25.0. The topological polar surface area (TPSA) is 46.9 Å². The Kier molecular flexibility index (Phi) is 7.36. The number of hydrogen-bond donors (Lipinski definition) is 1. The fraction of sp³-hybridized carbons (Fsp3) is 0.286. The molecule has 1 N–H and O–H groups in total. The highest BCUT2D eigenvalue weighted by molar-refractivity contribution is 5.78. The number of rotatable bonds is 8. The zero-order valence-electron chi connectivity index (χ0n) is 19.7. The average Bonchev–Trinajstić information content (AvgIpc) is 2.84. The van der Waals surface area contributed by atoms with Gasteiger partial charge >= 0.3 is 6.18 Å². The van der Waals surface area contributed by atoms with Gasteiger partial charge in [-0.3, -0.25) is 9.36 Å². The summed E-state index contributed by atoms with van der Waals surface area (Å²) in [7, 11) is 0. The van der Waals surface area contributed by atoms with Gasteiger partial charge in [-0.1, -0.05) is 74.5 Å². The van der Waals surface area contributed by atoms with Crippen LogP contribution in [-0.4, -0.2) is 16.1 Å². The molecule has 35 heavy (non-hydrogen) atoms. The van der Waals surface area contributed by atoms with Crippen LogP contribution in [0.4, 0.5) is 13.2 Å². The minimum atomic E-state index is -4.51. The molecule has 0 radical (unpaired) electrons. The Morgan fingerprint density at radius 1 is 0.914 bits per heavy atom. The molecule has 0 spiro atoms. The summed E-state index contributed by atoms with van der Waals surface area (Å²) in [4.78, 5) is 18.2. The minimum absolute atomic E-state index is 0.0675. The smallest absolute Gasteiger partial charge is 0.312 e. The van der Waals surface area contributed by atoms with Crippen molar-refractivity contribution in [3.63, 3.8) is 0 Å². The Labute approximate surface area is 202 Å². The first kappa shape index (κ1) is 24.7. The number of aromatic nitrogens is 2. The molecule has 1 heterocycles. The molecule has 0 aliphatic carbocycles. The first-order valence-corrected chi connectivity index (χ1v) is 11.6. The summed E-state index contributed by atoms with van der Waals surface area (Å²) < 4.78 is 41.7. The van der Waals surface area contributed by atoms with Crippen molar-refractivity contribution in [3.8, 4) is 0 Å². The molecule has 0 aliphatic heterocycles. The van der Waals surface area contributed by atoms with Gasteiger partial charge in [0, 0.05) is 19.0 Å². The molecular formula is C28H28F3N3O. The Hall–Kier alpha value is -3.45. The highest BCUT2D eigenvalue weighted by Gasteiger charge is 2.31. The van der Waals surface area contributed by atoms with Crippen molar-refractivity contribution in [1.82, 2.24) is 14.9 Å². The van der Waals surface area contributed by atoms with Crippen LogP contribution in [0.1, 0.15) is 42.3 Å². The maximum atomic E-state index is 13.6. The molecule has 4 aromatic rings. The van der Waals surface area contributed by atoms with Gasteiger partial charge in [0.2, 0.25) is 0 Å². The number of nitrogens with one attached hydrogen (secondary N) is 1. The van der Waals surface area contributed by atoms with E-state index in [0.29, 0.717) is 25.5 Å². The van der Waals surface area contributed by atoms with Gasteiger partial charge in [0.05, 0.1) is 23.0 Å². The van der Waals surface area contributed by atoms with E-state index in [-0.39, 0.29) is 28.3 Å². The van der Waals surface area contributed by atoms with E-state index in [4.69, 9.17) is 0 Å². The molecule has 4 rings (SSSR count). The minimum Gasteiger partial charge on any atom is -0.312 e. The van der Waals surface area contributed by atoms with Crippen molar-refractivity contribution in [1.29, 1.82) is 0 Å². The molecule has 0 bridgehead atoms. The Morgan fingerprint density at radius 3 is 2.14 bits per heavy atom. The fourth-order valence-electron chi connectivity index (χ4n) is 4.21. The summed E-state index contributed by atoms with van der Waals surface area (Å²) in [5.74, 6) is 0.394. The second kappa shape index (κ2) is 10.4. The summed E-state index contributed by atoms with van der Waals surface area (Å²) in [6.07, 6.45) is -4.51. The molecule has 1 aromatic heterocycles. The quantitative estimate of drug-likeness (QED) is 0.338. The van der Waals surface area contributed by atoms with E-state index in [1.54, 1.807) is 4.57 Å². The lowest BCUT2D eigenvalue weighted by molar-refractivity contribution is -0.137. The highest BCUT2D eigenvalue weighted by atomic mass is 19.4. The Morgan fingerprint density at radius 2 is 1.54 bits per heavy atom. The molecule has 4 nitrogen and oxygen atoms in total. The average molecular weight is 480 g/mol. The number of halogens is 3. The third-order valence-electron chi connectivity index (χ3n) is 6.17. The molecule has 0 saturated heterocycles. The molecule has 0 aliphatic rings. The standard InChI is InChI=1S/C28H28F3N3O/c1-19(2)24(17-32-16-20-9-5-3-6-10-20)26-33-25-15-22(28(29,30)31)13-14-23(25)27(35)34(26)18-21-11-7-4-8-12-21/h3-15,19,24,32H,16-18H2,1-2H3. The van der Waals surface area contributed by atoms with Gasteiger partial charge in [0.25, 0.3) is 5.56 Å². The molecule has 7 heteroatoms. The van der Waals surface area contributed by atoms with Crippen LogP contribution in [0.3, 0.4) is 0 Å². The van der Waals surface area contributed by atoms with Crippen LogP contribution < -0.4 is 10.9 Å². The number of fused-ring (bicyclic) bond motifs is 1. The second-order valence-electron chi connectivity index (χ2n) is 9.04. The van der Waals surface area contributed by atoms with Crippen LogP contribution in [0.2, 0.25) is 0 Å². The van der Waals surface area contributed by atoms with E-state index >= 15 is 0 Å². The van der Waals surface area contributed by atoms with Gasteiger partial charge in [0.15, 0.2) is 0 Å². The summed E-state index contributed by atoms with van der Waals surface area (Å²) in [6.45, 7) is 5.52. The van der Waals surface area contributed by atoms with Crippen molar-refractivity contribution < 1.29 is 13.2 Å².